The number of methoxy groups -OCH3 is 1. The molecule has 0 radical (unpaired) electrons. The minimum atomic E-state index is -0.0693. The molecular formula is C20H20N2O2S. The summed E-state index contributed by atoms with van der Waals surface area (Å²) in [5, 5.41) is 5.93. The van der Waals surface area contributed by atoms with Crippen molar-refractivity contribution >= 4 is 22.9 Å². The lowest BCUT2D eigenvalue weighted by Crippen LogP contribution is -2.16. The van der Waals surface area contributed by atoms with E-state index in [4.69, 9.17) is 4.74 Å². The number of carbonyl (C=O) groups excluding carboxylic acids is 1. The van der Waals surface area contributed by atoms with Crippen LogP contribution in [0.3, 0.4) is 0 Å². The fourth-order valence-corrected chi connectivity index (χ4v) is 3.39. The minimum Gasteiger partial charge on any atom is -0.380 e. The molecule has 0 bridgehead atoms. The quantitative estimate of drug-likeness (QED) is 0.697. The summed E-state index contributed by atoms with van der Waals surface area (Å²) >= 11 is 1.59. The zero-order chi connectivity index (χ0) is 17.5. The number of benzene rings is 2. The average molecular weight is 352 g/mol. The highest BCUT2D eigenvalue weighted by atomic mass is 32.1. The Morgan fingerprint density at radius 1 is 1.12 bits per heavy atom. The van der Waals surface area contributed by atoms with Crippen LogP contribution >= 0.6 is 11.3 Å². The number of rotatable bonds is 7. The second-order valence-corrected chi connectivity index (χ2v) is 6.65. The van der Waals surface area contributed by atoms with Crippen LogP contribution in [0.4, 0.5) is 5.69 Å². The van der Waals surface area contributed by atoms with E-state index >= 15 is 0 Å². The Morgan fingerprint density at radius 3 is 2.68 bits per heavy atom. The number of carbonyl (C=O) groups is 1. The fourth-order valence-electron chi connectivity index (χ4n) is 2.56. The maximum atomic E-state index is 12.3. The lowest BCUT2D eigenvalue weighted by atomic mass is 10.1. The van der Waals surface area contributed by atoms with Crippen molar-refractivity contribution in [2.75, 3.05) is 12.4 Å². The zero-order valence-corrected chi connectivity index (χ0v) is 14.9. The summed E-state index contributed by atoms with van der Waals surface area (Å²) in [6, 6.07) is 17.9. The first kappa shape index (κ1) is 17.3. The number of thiazole rings is 1. The first-order chi connectivity index (χ1) is 12.2. The van der Waals surface area contributed by atoms with Crippen molar-refractivity contribution in [3.63, 3.8) is 0 Å². The van der Waals surface area contributed by atoms with Gasteiger partial charge in [0.25, 0.3) is 0 Å². The number of ether oxygens (including phenoxy) is 1. The van der Waals surface area contributed by atoms with E-state index in [1.165, 1.54) is 5.56 Å². The van der Waals surface area contributed by atoms with Crippen LogP contribution < -0.4 is 5.32 Å². The van der Waals surface area contributed by atoms with Crippen LogP contribution in [0.15, 0.2) is 60.0 Å². The van der Waals surface area contributed by atoms with Gasteiger partial charge in [-0.25, -0.2) is 4.98 Å². The lowest BCUT2D eigenvalue weighted by Gasteiger charge is -2.09. The second kappa shape index (κ2) is 8.55. The Balaban J connectivity index is 1.60. The maximum Gasteiger partial charge on any atom is 0.230 e. The molecule has 128 valence electrons. The molecular weight excluding hydrogens is 332 g/mol. The summed E-state index contributed by atoms with van der Waals surface area (Å²) in [4.78, 5) is 16.9. The third-order valence-corrected chi connectivity index (χ3v) is 4.63. The van der Waals surface area contributed by atoms with Gasteiger partial charge in [0.1, 0.15) is 0 Å². The van der Waals surface area contributed by atoms with Crippen LogP contribution in [0.2, 0.25) is 0 Å². The lowest BCUT2D eigenvalue weighted by molar-refractivity contribution is -0.115. The van der Waals surface area contributed by atoms with Gasteiger partial charge in [-0.2, -0.15) is 0 Å². The van der Waals surface area contributed by atoms with Gasteiger partial charge in [-0.05, 0) is 11.6 Å². The van der Waals surface area contributed by atoms with Gasteiger partial charge in [0, 0.05) is 30.2 Å². The Labute approximate surface area is 151 Å². The van der Waals surface area contributed by atoms with E-state index in [-0.39, 0.29) is 12.3 Å². The van der Waals surface area contributed by atoms with Gasteiger partial charge in [-0.3, -0.25) is 4.79 Å². The molecule has 0 aliphatic carbocycles. The van der Waals surface area contributed by atoms with Crippen molar-refractivity contribution in [2.24, 2.45) is 0 Å². The molecule has 4 nitrogen and oxygen atoms in total. The molecule has 0 aliphatic heterocycles. The van der Waals surface area contributed by atoms with Crippen molar-refractivity contribution in [2.45, 2.75) is 19.4 Å². The third kappa shape index (κ3) is 4.98. The Bertz CT molecular complexity index is 830. The molecule has 1 N–H and O–H groups in total. The number of para-hydroxylation sites is 1. The van der Waals surface area contributed by atoms with Gasteiger partial charge in [0.15, 0.2) is 0 Å². The molecule has 1 heterocycles. The highest BCUT2D eigenvalue weighted by Crippen LogP contribution is 2.18. The SMILES string of the molecule is COCc1ccccc1NC(=O)Cc1csc(Cc2ccccc2)n1. The third-order valence-electron chi connectivity index (χ3n) is 3.73. The standard InChI is InChI=1S/C20H20N2O2S/c1-24-13-16-9-5-6-10-18(16)22-19(23)12-17-14-25-20(21-17)11-15-7-3-2-4-8-15/h2-10,14H,11-13H2,1H3,(H,22,23). The van der Waals surface area contributed by atoms with Crippen LogP contribution in [0.1, 0.15) is 21.8 Å². The van der Waals surface area contributed by atoms with Crippen molar-refractivity contribution in [3.8, 4) is 0 Å². The van der Waals surface area contributed by atoms with Crippen LogP contribution in [-0.4, -0.2) is 18.0 Å². The van der Waals surface area contributed by atoms with Gasteiger partial charge < -0.3 is 10.1 Å². The van der Waals surface area contributed by atoms with Crippen molar-refractivity contribution < 1.29 is 9.53 Å². The largest absolute Gasteiger partial charge is 0.380 e. The number of nitrogens with zero attached hydrogens (tertiary/aromatic N) is 1. The van der Waals surface area contributed by atoms with Gasteiger partial charge in [-0.1, -0.05) is 48.5 Å². The van der Waals surface area contributed by atoms with Gasteiger partial charge in [0.2, 0.25) is 5.91 Å². The molecule has 1 amide bonds. The number of nitrogens with one attached hydrogen (secondary N) is 1. The molecule has 0 unspecified atom stereocenters. The predicted molar refractivity (Wildman–Crippen MR) is 101 cm³/mol. The fraction of sp³-hybridized carbons (Fsp3) is 0.200. The summed E-state index contributed by atoms with van der Waals surface area (Å²) in [6.45, 7) is 0.467. The summed E-state index contributed by atoms with van der Waals surface area (Å²) < 4.78 is 5.17. The van der Waals surface area contributed by atoms with E-state index in [0.717, 1.165) is 28.4 Å². The molecule has 0 atom stereocenters. The van der Waals surface area contributed by atoms with Crippen molar-refractivity contribution in [1.29, 1.82) is 0 Å². The Morgan fingerprint density at radius 2 is 1.88 bits per heavy atom. The summed E-state index contributed by atoms with van der Waals surface area (Å²) in [5.74, 6) is -0.0693. The number of hydrogen-bond acceptors (Lipinski definition) is 4. The number of amides is 1. The smallest absolute Gasteiger partial charge is 0.230 e. The van der Waals surface area contributed by atoms with Gasteiger partial charge in [0.05, 0.1) is 23.7 Å². The molecule has 0 aliphatic rings. The maximum absolute atomic E-state index is 12.3. The Kier molecular flexibility index (Phi) is 5.93. The molecule has 2 aromatic carbocycles. The van der Waals surface area contributed by atoms with E-state index < -0.39 is 0 Å². The minimum absolute atomic E-state index is 0.0693. The van der Waals surface area contributed by atoms with Crippen LogP contribution in [0.25, 0.3) is 0 Å². The molecule has 0 saturated carbocycles. The van der Waals surface area contributed by atoms with Crippen LogP contribution in [0, 0.1) is 0 Å². The van der Waals surface area contributed by atoms with Gasteiger partial charge >= 0.3 is 0 Å². The van der Waals surface area contributed by atoms with Crippen molar-refractivity contribution in [3.05, 3.63) is 81.8 Å². The molecule has 0 saturated heterocycles. The van der Waals surface area contributed by atoms with Crippen LogP contribution in [0.5, 0.6) is 0 Å². The van der Waals surface area contributed by atoms with E-state index in [1.807, 2.05) is 47.8 Å². The number of aromatic nitrogens is 1. The van der Waals surface area contributed by atoms with E-state index in [9.17, 15) is 4.79 Å². The topological polar surface area (TPSA) is 51.2 Å². The Hall–Kier alpha value is -2.50. The highest BCUT2D eigenvalue weighted by molar-refractivity contribution is 7.09. The predicted octanol–water partition coefficient (Wildman–Crippen LogP) is 4.06. The molecule has 3 rings (SSSR count). The van der Waals surface area contributed by atoms with E-state index in [2.05, 4.69) is 22.4 Å². The summed E-state index contributed by atoms with van der Waals surface area (Å²) in [6.07, 6.45) is 1.07. The summed E-state index contributed by atoms with van der Waals surface area (Å²) in [7, 11) is 1.64. The summed E-state index contributed by atoms with van der Waals surface area (Å²) in [5.41, 5.74) is 3.77. The van der Waals surface area contributed by atoms with Crippen LogP contribution in [-0.2, 0) is 29.0 Å². The molecule has 1 aromatic heterocycles. The highest BCUT2D eigenvalue weighted by Gasteiger charge is 2.10. The normalized spacial score (nSPS) is 10.6. The average Bonchev–Trinajstić information content (AvgIpc) is 3.04. The second-order valence-electron chi connectivity index (χ2n) is 5.71. The first-order valence-electron chi connectivity index (χ1n) is 8.08. The number of anilines is 1. The molecule has 25 heavy (non-hydrogen) atoms. The number of hydrogen-bond donors (Lipinski definition) is 1. The molecule has 5 heteroatoms. The van der Waals surface area contributed by atoms with Crippen molar-refractivity contribution in [1.82, 2.24) is 4.98 Å². The van der Waals surface area contributed by atoms with E-state index in [0.29, 0.717) is 6.61 Å². The monoisotopic (exact) mass is 352 g/mol. The molecule has 0 fully saturated rings. The van der Waals surface area contributed by atoms with Gasteiger partial charge in [-0.15, -0.1) is 11.3 Å². The van der Waals surface area contributed by atoms with E-state index in [1.54, 1.807) is 18.4 Å². The first-order valence-corrected chi connectivity index (χ1v) is 8.96. The molecule has 0 spiro atoms. The molecule has 3 aromatic rings. The zero-order valence-electron chi connectivity index (χ0n) is 14.1.